The Hall–Kier alpha value is -2.84. The van der Waals surface area contributed by atoms with Gasteiger partial charge in [-0.1, -0.05) is 0 Å². The molecule has 0 aliphatic carbocycles. The molecule has 27 heavy (non-hydrogen) atoms. The van der Waals surface area contributed by atoms with E-state index < -0.39 is 5.60 Å². The minimum Gasteiger partial charge on any atom is -0.444 e. The average Bonchev–Trinajstić information content (AvgIpc) is 3.24. The van der Waals surface area contributed by atoms with Crippen LogP contribution in [0.3, 0.4) is 0 Å². The van der Waals surface area contributed by atoms with Gasteiger partial charge in [0.2, 0.25) is 0 Å². The quantitative estimate of drug-likeness (QED) is 0.848. The van der Waals surface area contributed by atoms with Gasteiger partial charge in [0.1, 0.15) is 11.4 Å². The molecular formula is C18H26N6O3. The third kappa shape index (κ3) is 4.29. The number of amides is 2. The van der Waals surface area contributed by atoms with Gasteiger partial charge in [0.25, 0.3) is 5.91 Å². The number of rotatable bonds is 4. The number of imidazole rings is 1. The van der Waals surface area contributed by atoms with Crippen LogP contribution < -0.4 is 10.6 Å². The number of nitrogens with zero attached hydrogens (tertiary/aromatic N) is 4. The minimum atomic E-state index is -0.512. The van der Waals surface area contributed by atoms with E-state index in [0.29, 0.717) is 30.2 Å². The smallest absolute Gasteiger partial charge is 0.410 e. The Morgan fingerprint density at radius 2 is 2.11 bits per heavy atom. The van der Waals surface area contributed by atoms with E-state index in [9.17, 15) is 9.59 Å². The minimum absolute atomic E-state index is 0.0403. The number of hydrogen-bond donors (Lipinski definition) is 2. The van der Waals surface area contributed by atoms with Crippen LogP contribution in [0, 0.1) is 0 Å². The summed E-state index contributed by atoms with van der Waals surface area (Å²) in [4.78, 5) is 30.2. The van der Waals surface area contributed by atoms with Crippen molar-refractivity contribution in [2.24, 2.45) is 0 Å². The van der Waals surface area contributed by atoms with E-state index in [2.05, 4.69) is 20.7 Å². The number of ether oxygens (including phenoxy) is 1. The van der Waals surface area contributed by atoms with E-state index in [1.165, 1.54) is 10.7 Å². The molecule has 1 saturated heterocycles. The number of anilines is 1. The lowest BCUT2D eigenvalue weighted by Crippen LogP contribution is -2.42. The van der Waals surface area contributed by atoms with E-state index in [4.69, 9.17) is 4.74 Å². The van der Waals surface area contributed by atoms with Crippen LogP contribution in [0.5, 0.6) is 0 Å². The molecule has 9 nitrogen and oxygen atoms in total. The van der Waals surface area contributed by atoms with Crippen LogP contribution in [0.4, 0.5) is 10.6 Å². The van der Waals surface area contributed by atoms with Gasteiger partial charge in [0.05, 0.1) is 12.2 Å². The zero-order valence-electron chi connectivity index (χ0n) is 16.2. The number of likely N-dealkylation sites (tertiary alicyclic amines) is 1. The maximum atomic E-state index is 12.4. The Kier molecular flexibility index (Phi) is 5.20. The number of fused-ring (bicyclic) bond motifs is 1. The fourth-order valence-corrected chi connectivity index (χ4v) is 3.08. The summed E-state index contributed by atoms with van der Waals surface area (Å²) < 4.78 is 6.99. The highest BCUT2D eigenvalue weighted by Gasteiger charge is 2.32. The molecule has 0 saturated carbocycles. The number of nitrogens with one attached hydrogen (secondary N) is 2. The topological polar surface area (TPSA) is 101 Å². The first kappa shape index (κ1) is 18.9. The van der Waals surface area contributed by atoms with Crippen molar-refractivity contribution >= 4 is 23.5 Å². The molecule has 3 rings (SSSR count). The lowest BCUT2D eigenvalue weighted by molar-refractivity contribution is 0.0235. The van der Waals surface area contributed by atoms with Crippen LogP contribution in [0.15, 0.2) is 18.3 Å². The molecule has 1 atom stereocenters. The molecule has 2 aromatic heterocycles. The second kappa shape index (κ2) is 7.42. The standard InChI is InChI=1S/C18H26N6O3/c1-18(2,3)27-17(26)23-9-5-6-12(23)10-20-14-7-8-15-21-11-13(16(25)19-4)24(15)22-14/h7-8,11-12H,5-6,9-10H2,1-4H3,(H,19,25)(H,20,22). The number of hydrogen-bond acceptors (Lipinski definition) is 6. The highest BCUT2D eigenvalue weighted by Crippen LogP contribution is 2.21. The van der Waals surface area contributed by atoms with E-state index in [0.717, 1.165) is 12.8 Å². The average molecular weight is 374 g/mol. The van der Waals surface area contributed by atoms with E-state index >= 15 is 0 Å². The first-order chi connectivity index (χ1) is 12.8. The molecule has 1 aliphatic heterocycles. The van der Waals surface area contributed by atoms with Crippen molar-refractivity contribution in [3.63, 3.8) is 0 Å². The van der Waals surface area contributed by atoms with Crippen molar-refractivity contribution in [3.8, 4) is 0 Å². The van der Waals surface area contributed by atoms with Gasteiger partial charge in [-0.2, -0.15) is 0 Å². The second-order valence-electron chi connectivity index (χ2n) is 7.56. The van der Waals surface area contributed by atoms with Crippen LogP contribution >= 0.6 is 0 Å². The maximum absolute atomic E-state index is 12.4. The normalized spacial score (nSPS) is 17.2. The summed E-state index contributed by atoms with van der Waals surface area (Å²) in [6, 6.07) is 3.64. The third-order valence-electron chi connectivity index (χ3n) is 4.35. The summed E-state index contributed by atoms with van der Waals surface area (Å²) in [7, 11) is 1.56. The zero-order chi connectivity index (χ0) is 19.6. The van der Waals surface area contributed by atoms with Gasteiger partial charge < -0.3 is 20.3 Å². The van der Waals surface area contributed by atoms with Crippen LogP contribution in [-0.2, 0) is 4.74 Å². The summed E-state index contributed by atoms with van der Waals surface area (Å²) in [5.41, 5.74) is 0.449. The summed E-state index contributed by atoms with van der Waals surface area (Å²) in [6.07, 6.45) is 3.06. The Balaban J connectivity index is 1.68. The molecule has 0 spiro atoms. The third-order valence-corrected chi connectivity index (χ3v) is 4.35. The molecule has 2 aromatic rings. The van der Waals surface area contributed by atoms with Gasteiger partial charge in [-0.05, 0) is 45.7 Å². The Morgan fingerprint density at radius 3 is 2.81 bits per heavy atom. The number of carbonyl (C=O) groups is 2. The van der Waals surface area contributed by atoms with Crippen molar-refractivity contribution in [2.45, 2.75) is 45.3 Å². The summed E-state index contributed by atoms with van der Waals surface area (Å²) >= 11 is 0. The lowest BCUT2D eigenvalue weighted by Gasteiger charge is -2.28. The Morgan fingerprint density at radius 1 is 1.33 bits per heavy atom. The monoisotopic (exact) mass is 374 g/mol. The van der Waals surface area contributed by atoms with Gasteiger partial charge in [-0.25, -0.2) is 14.3 Å². The summed E-state index contributed by atoms with van der Waals surface area (Å²) in [5, 5.41) is 10.3. The fraction of sp³-hybridized carbons (Fsp3) is 0.556. The number of aromatic nitrogens is 3. The molecule has 3 heterocycles. The molecule has 1 fully saturated rings. The van der Waals surface area contributed by atoms with Gasteiger partial charge in [0.15, 0.2) is 11.3 Å². The molecule has 2 amide bonds. The Labute approximate surface area is 158 Å². The first-order valence-electron chi connectivity index (χ1n) is 9.09. The zero-order valence-corrected chi connectivity index (χ0v) is 16.2. The largest absolute Gasteiger partial charge is 0.444 e. The van der Waals surface area contributed by atoms with Crippen molar-refractivity contribution in [3.05, 3.63) is 24.0 Å². The van der Waals surface area contributed by atoms with Gasteiger partial charge >= 0.3 is 6.09 Å². The van der Waals surface area contributed by atoms with Crippen molar-refractivity contribution in [2.75, 3.05) is 25.5 Å². The van der Waals surface area contributed by atoms with Crippen LogP contribution in [-0.4, -0.2) is 63.3 Å². The van der Waals surface area contributed by atoms with E-state index in [1.54, 1.807) is 18.0 Å². The molecule has 2 N–H and O–H groups in total. The van der Waals surface area contributed by atoms with Gasteiger partial charge in [0, 0.05) is 20.1 Å². The van der Waals surface area contributed by atoms with Crippen molar-refractivity contribution in [1.82, 2.24) is 24.8 Å². The van der Waals surface area contributed by atoms with Crippen molar-refractivity contribution < 1.29 is 14.3 Å². The van der Waals surface area contributed by atoms with Crippen LogP contribution in [0.2, 0.25) is 0 Å². The Bertz CT molecular complexity index is 841. The summed E-state index contributed by atoms with van der Waals surface area (Å²) in [5.74, 6) is 0.362. The van der Waals surface area contributed by atoms with E-state index in [-0.39, 0.29) is 18.0 Å². The second-order valence-corrected chi connectivity index (χ2v) is 7.56. The SMILES string of the molecule is CNC(=O)c1cnc2ccc(NCC3CCCN3C(=O)OC(C)(C)C)nn12. The van der Waals surface area contributed by atoms with E-state index in [1.807, 2.05) is 26.8 Å². The highest BCUT2D eigenvalue weighted by atomic mass is 16.6. The van der Waals surface area contributed by atoms with Crippen molar-refractivity contribution in [1.29, 1.82) is 0 Å². The highest BCUT2D eigenvalue weighted by molar-refractivity contribution is 5.92. The molecule has 1 aliphatic rings. The maximum Gasteiger partial charge on any atom is 0.410 e. The van der Waals surface area contributed by atoms with Crippen LogP contribution in [0.1, 0.15) is 44.1 Å². The number of carbonyl (C=O) groups excluding carboxylic acids is 2. The van der Waals surface area contributed by atoms with Gasteiger partial charge in [-0.3, -0.25) is 4.79 Å². The molecule has 0 aromatic carbocycles. The molecule has 1 unspecified atom stereocenters. The predicted molar refractivity (Wildman–Crippen MR) is 101 cm³/mol. The first-order valence-corrected chi connectivity index (χ1v) is 9.09. The molecular weight excluding hydrogens is 348 g/mol. The van der Waals surface area contributed by atoms with Gasteiger partial charge in [-0.15, -0.1) is 5.10 Å². The molecule has 9 heteroatoms. The lowest BCUT2D eigenvalue weighted by atomic mass is 10.2. The molecule has 0 bridgehead atoms. The fourth-order valence-electron chi connectivity index (χ4n) is 3.08. The predicted octanol–water partition coefficient (Wildman–Crippen LogP) is 1.90. The molecule has 0 radical (unpaired) electrons. The summed E-state index contributed by atoms with van der Waals surface area (Å²) in [6.45, 7) is 6.84. The van der Waals surface area contributed by atoms with Crippen LogP contribution in [0.25, 0.3) is 5.65 Å². The molecule has 146 valence electrons.